The van der Waals surface area contributed by atoms with E-state index in [1.807, 2.05) is 6.07 Å². The number of aliphatic carboxylic acids is 1. The highest BCUT2D eigenvalue weighted by atomic mass is 32.2. The topological polar surface area (TPSA) is 101 Å². The van der Waals surface area contributed by atoms with Gasteiger partial charge in [0.1, 0.15) is 0 Å². The van der Waals surface area contributed by atoms with Crippen LogP contribution in [0.1, 0.15) is 15.9 Å². The molecule has 2 rings (SSSR count). The molecule has 0 aliphatic heterocycles. The van der Waals surface area contributed by atoms with E-state index < -0.39 is 11.9 Å². The predicted molar refractivity (Wildman–Crippen MR) is 79.7 cm³/mol. The number of nitrogens with two attached hydrogens (primary N) is 1. The zero-order chi connectivity index (χ0) is 15.4. The van der Waals surface area contributed by atoms with Crippen molar-refractivity contribution in [3.63, 3.8) is 0 Å². The minimum atomic E-state index is -1.05. The molecule has 0 saturated carbocycles. The van der Waals surface area contributed by atoms with Gasteiger partial charge in [0, 0.05) is 15.5 Å². The Hall–Kier alpha value is -2.47. The molecule has 21 heavy (non-hydrogen) atoms. The average Bonchev–Trinajstić information content (AvgIpc) is 2.40. The molecule has 5 nitrogen and oxygen atoms in total. The Kier molecular flexibility index (Phi) is 4.49. The highest BCUT2D eigenvalue weighted by Crippen LogP contribution is 2.32. The quantitative estimate of drug-likeness (QED) is 0.734. The number of rotatable bonds is 5. The van der Waals surface area contributed by atoms with Gasteiger partial charge in [0.15, 0.2) is 0 Å². The number of carboxylic acid groups (broad SMARTS) is 2. The Balaban J connectivity index is 2.40. The van der Waals surface area contributed by atoms with Gasteiger partial charge in [-0.05, 0) is 35.9 Å². The van der Waals surface area contributed by atoms with Gasteiger partial charge in [0.2, 0.25) is 0 Å². The molecule has 0 heterocycles. The smallest absolute Gasteiger partial charge is 0.335 e. The van der Waals surface area contributed by atoms with Gasteiger partial charge in [-0.15, -0.1) is 0 Å². The van der Waals surface area contributed by atoms with Crippen LogP contribution in [0.15, 0.2) is 52.3 Å². The largest absolute Gasteiger partial charge is 0.481 e. The Labute approximate surface area is 125 Å². The molecule has 0 bridgehead atoms. The third-order valence-electron chi connectivity index (χ3n) is 2.74. The van der Waals surface area contributed by atoms with Gasteiger partial charge < -0.3 is 15.9 Å². The third-order valence-corrected chi connectivity index (χ3v) is 3.83. The first-order valence-corrected chi connectivity index (χ1v) is 6.89. The molecular weight excluding hydrogens is 290 g/mol. The molecule has 2 aromatic carbocycles. The minimum Gasteiger partial charge on any atom is -0.481 e. The lowest BCUT2D eigenvalue weighted by molar-refractivity contribution is -0.136. The number of hydrogen-bond acceptors (Lipinski definition) is 4. The van der Waals surface area contributed by atoms with E-state index >= 15 is 0 Å². The summed E-state index contributed by atoms with van der Waals surface area (Å²) in [5.41, 5.74) is 6.99. The van der Waals surface area contributed by atoms with Gasteiger partial charge in [0.25, 0.3) is 0 Å². The van der Waals surface area contributed by atoms with Crippen molar-refractivity contribution in [3.8, 4) is 0 Å². The van der Waals surface area contributed by atoms with Crippen LogP contribution in [0.4, 0.5) is 5.69 Å². The molecule has 4 N–H and O–H groups in total. The van der Waals surface area contributed by atoms with Gasteiger partial charge in [0.05, 0.1) is 12.0 Å². The standard InChI is InChI=1S/C15H13NO4S/c16-11-2-1-3-12(8-11)21-13-6-10(15(19)20)5-4-9(13)7-14(17)18/h1-6,8H,7,16H2,(H,17,18)(H,19,20). The number of nitrogen functional groups attached to an aromatic ring is 1. The maximum atomic E-state index is 11.0. The monoisotopic (exact) mass is 303 g/mol. The fourth-order valence-electron chi connectivity index (χ4n) is 1.80. The first-order chi connectivity index (χ1) is 9.95. The number of aromatic carboxylic acids is 1. The SMILES string of the molecule is Nc1cccc(Sc2cc(C(=O)O)ccc2CC(=O)O)c1. The summed E-state index contributed by atoms with van der Waals surface area (Å²) in [6.07, 6.45) is -0.162. The van der Waals surface area contributed by atoms with Crippen LogP contribution in [0.25, 0.3) is 0 Å². The summed E-state index contributed by atoms with van der Waals surface area (Å²) in [7, 11) is 0. The van der Waals surface area contributed by atoms with Crippen molar-refractivity contribution < 1.29 is 19.8 Å². The summed E-state index contributed by atoms with van der Waals surface area (Å²) in [5, 5.41) is 18.0. The van der Waals surface area contributed by atoms with E-state index in [-0.39, 0.29) is 12.0 Å². The number of hydrogen-bond donors (Lipinski definition) is 3. The zero-order valence-electron chi connectivity index (χ0n) is 10.9. The van der Waals surface area contributed by atoms with Gasteiger partial charge in [-0.1, -0.05) is 23.9 Å². The fraction of sp³-hybridized carbons (Fsp3) is 0.0667. The predicted octanol–water partition coefficient (Wildman–Crippen LogP) is 2.75. The molecule has 0 atom stereocenters. The van der Waals surface area contributed by atoms with Crippen molar-refractivity contribution in [2.24, 2.45) is 0 Å². The lowest BCUT2D eigenvalue weighted by atomic mass is 10.1. The van der Waals surface area contributed by atoms with Gasteiger partial charge in [-0.2, -0.15) is 0 Å². The average molecular weight is 303 g/mol. The van der Waals surface area contributed by atoms with E-state index in [0.717, 1.165) is 4.90 Å². The zero-order valence-corrected chi connectivity index (χ0v) is 11.8. The van der Waals surface area contributed by atoms with Crippen molar-refractivity contribution in [2.45, 2.75) is 16.2 Å². The molecule has 0 spiro atoms. The molecule has 6 heteroatoms. The van der Waals surface area contributed by atoms with Crippen molar-refractivity contribution in [2.75, 3.05) is 5.73 Å². The summed E-state index contributed by atoms with van der Waals surface area (Å²) < 4.78 is 0. The molecule has 0 unspecified atom stereocenters. The number of carboxylic acids is 2. The molecule has 0 radical (unpaired) electrons. The second-order valence-electron chi connectivity index (χ2n) is 4.37. The lowest BCUT2D eigenvalue weighted by Crippen LogP contribution is -2.03. The lowest BCUT2D eigenvalue weighted by Gasteiger charge is -2.09. The molecule has 0 fully saturated rings. The molecular formula is C15H13NO4S. The Morgan fingerprint density at radius 1 is 1.10 bits per heavy atom. The second-order valence-corrected chi connectivity index (χ2v) is 5.49. The van der Waals surface area contributed by atoms with Crippen LogP contribution in [-0.4, -0.2) is 22.2 Å². The van der Waals surface area contributed by atoms with Crippen LogP contribution in [0.3, 0.4) is 0 Å². The van der Waals surface area contributed by atoms with Gasteiger partial charge in [-0.3, -0.25) is 4.79 Å². The maximum absolute atomic E-state index is 11.0. The highest BCUT2D eigenvalue weighted by Gasteiger charge is 2.12. The molecule has 108 valence electrons. The van der Waals surface area contributed by atoms with Crippen LogP contribution in [0.2, 0.25) is 0 Å². The maximum Gasteiger partial charge on any atom is 0.335 e. The first kappa shape index (κ1) is 14.9. The van der Waals surface area contributed by atoms with E-state index in [2.05, 4.69) is 0 Å². The van der Waals surface area contributed by atoms with E-state index in [9.17, 15) is 9.59 Å². The summed E-state index contributed by atoms with van der Waals surface area (Å²) in [6, 6.07) is 11.5. The van der Waals surface area contributed by atoms with Gasteiger partial charge in [-0.25, -0.2) is 4.79 Å². The molecule has 0 saturated heterocycles. The van der Waals surface area contributed by atoms with Crippen molar-refractivity contribution in [1.29, 1.82) is 0 Å². The molecule has 0 aliphatic rings. The Bertz CT molecular complexity index is 700. The molecule has 2 aromatic rings. The van der Waals surface area contributed by atoms with Crippen molar-refractivity contribution in [3.05, 3.63) is 53.6 Å². The first-order valence-electron chi connectivity index (χ1n) is 6.07. The summed E-state index contributed by atoms with van der Waals surface area (Å²) in [4.78, 5) is 23.4. The van der Waals surface area contributed by atoms with Crippen LogP contribution in [0, 0.1) is 0 Å². The second kappa shape index (κ2) is 6.32. The summed E-state index contributed by atoms with van der Waals surface area (Å²) in [6.45, 7) is 0. The van der Waals surface area contributed by atoms with E-state index in [0.29, 0.717) is 16.1 Å². The Morgan fingerprint density at radius 2 is 1.86 bits per heavy atom. The van der Waals surface area contributed by atoms with Crippen LogP contribution < -0.4 is 5.73 Å². The molecule has 0 aromatic heterocycles. The van der Waals surface area contributed by atoms with Crippen molar-refractivity contribution >= 4 is 29.4 Å². The van der Waals surface area contributed by atoms with E-state index in [1.165, 1.54) is 30.0 Å². The van der Waals surface area contributed by atoms with Crippen LogP contribution in [0.5, 0.6) is 0 Å². The Morgan fingerprint density at radius 3 is 2.48 bits per heavy atom. The van der Waals surface area contributed by atoms with Gasteiger partial charge >= 0.3 is 11.9 Å². The fourth-order valence-corrected chi connectivity index (χ4v) is 2.85. The number of anilines is 1. The number of carbonyl (C=O) groups is 2. The highest BCUT2D eigenvalue weighted by molar-refractivity contribution is 7.99. The van der Waals surface area contributed by atoms with E-state index in [1.54, 1.807) is 18.2 Å². The third kappa shape index (κ3) is 4.00. The van der Waals surface area contributed by atoms with Crippen LogP contribution >= 0.6 is 11.8 Å². The number of benzene rings is 2. The van der Waals surface area contributed by atoms with Crippen molar-refractivity contribution in [1.82, 2.24) is 0 Å². The minimum absolute atomic E-state index is 0.121. The molecule has 0 aliphatic carbocycles. The molecule has 0 amide bonds. The van der Waals surface area contributed by atoms with E-state index in [4.69, 9.17) is 15.9 Å². The normalized spacial score (nSPS) is 10.3. The summed E-state index contributed by atoms with van der Waals surface area (Å²) >= 11 is 1.30. The summed E-state index contributed by atoms with van der Waals surface area (Å²) in [5.74, 6) is -2.01. The van der Waals surface area contributed by atoms with Crippen LogP contribution in [-0.2, 0) is 11.2 Å².